The molecule has 0 saturated carbocycles. The van der Waals surface area contributed by atoms with Crippen LogP contribution in [0.2, 0.25) is 0 Å². The molecule has 1 aliphatic rings. The van der Waals surface area contributed by atoms with Gasteiger partial charge >= 0.3 is 0 Å². The van der Waals surface area contributed by atoms with Crippen molar-refractivity contribution in [3.63, 3.8) is 0 Å². The van der Waals surface area contributed by atoms with Crippen LogP contribution in [0.1, 0.15) is 48.1 Å². The second-order valence-electron chi connectivity index (χ2n) is 5.80. The van der Waals surface area contributed by atoms with Crippen LogP contribution in [-0.2, 0) is 19.4 Å². The molecule has 2 aromatic carbocycles. The van der Waals surface area contributed by atoms with Gasteiger partial charge in [0.15, 0.2) is 0 Å². The van der Waals surface area contributed by atoms with Crippen molar-refractivity contribution in [1.29, 1.82) is 0 Å². The highest BCUT2D eigenvalue weighted by Gasteiger charge is 2.12. The summed E-state index contributed by atoms with van der Waals surface area (Å²) >= 11 is 0. The van der Waals surface area contributed by atoms with Crippen LogP contribution in [-0.4, -0.2) is 0 Å². The molecule has 110 valence electrons. The first-order valence-electron chi connectivity index (χ1n) is 7.86. The van der Waals surface area contributed by atoms with Crippen LogP contribution in [0.25, 0.3) is 0 Å². The van der Waals surface area contributed by atoms with Crippen LogP contribution in [0.15, 0.2) is 42.5 Å². The molecule has 2 aromatic rings. The van der Waals surface area contributed by atoms with Gasteiger partial charge in [0.1, 0.15) is 12.4 Å². The third-order valence-electron chi connectivity index (χ3n) is 4.32. The standard InChI is InChI=1S/C19H23NO/c1-2-18(20)17-8-3-4-9-19(17)21-13-14-10-11-15-6-5-7-16(15)12-14/h3-4,8-12,18H,2,5-7,13,20H2,1H3/t18-/m0/s1. The van der Waals surface area contributed by atoms with E-state index in [9.17, 15) is 0 Å². The van der Waals surface area contributed by atoms with Crippen molar-refractivity contribution in [3.05, 3.63) is 64.7 Å². The molecule has 0 aromatic heterocycles. The van der Waals surface area contributed by atoms with Gasteiger partial charge in [0.25, 0.3) is 0 Å². The van der Waals surface area contributed by atoms with Gasteiger partial charge in [-0.05, 0) is 48.4 Å². The molecule has 0 aliphatic heterocycles. The number of fused-ring (bicyclic) bond motifs is 1. The molecule has 1 atom stereocenters. The molecule has 21 heavy (non-hydrogen) atoms. The highest BCUT2D eigenvalue weighted by Crippen LogP contribution is 2.27. The van der Waals surface area contributed by atoms with E-state index in [2.05, 4.69) is 31.2 Å². The third kappa shape index (κ3) is 3.11. The summed E-state index contributed by atoms with van der Waals surface area (Å²) in [6.07, 6.45) is 4.64. The third-order valence-corrected chi connectivity index (χ3v) is 4.32. The average Bonchev–Trinajstić information content (AvgIpc) is 3.00. The summed E-state index contributed by atoms with van der Waals surface area (Å²) in [7, 11) is 0. The fraction of sp³-hybridized carbons (Fsp3) is 0.368. The topological polar surface area (TPSA) is 35.2 Å². The Hall–Kier alpha value is -1.80. The smallest absolute Gasteiger partial charge is 0.124 e. The summed E-state index contributed by atoms with van der Waals surface area (Å²) in [4.78, 5) is 0. The monoisotopic (exact) mass is 281 g/mol. The van der Waals surface area contributed by atoms with Crippen LogP contribution in [0.3, 0.4) is 0 Å². The Morgan fingerprint density at radius 2 is 1.90 bits per heavy atom. The molecule has 2 N–H and O–H groups in total. The maximum Gasteiger partial charge on any atom is 0.124 e. The molecule has 0 radical (unpaired) electrons. The van der Waals surface area contributed by atoms with Gasteiger partial charge in [-0.3, -0.25) is 0 Å². The van der Waals surface area contributed by atoms with Gasteiger partial charge in [0, 0.05) is 11.6 Å². The molecule has 0 bridgehead atoms. The number of aryl methyl sites for hydroxylation is 2. The minimum absolute atomic E-state index is 0.0428. The van der Waals surface area contributed by atoms with Crippen molar-refractivity contribution >= 4 is 0 Å². The quantitative estimate of drug-likeness (QED) is 0.893. The minimum Gasteiger partial charge on any atom is -0.489 e. The second kappa shape index (κ2) is 6.31. The van der Waals surface area contributed by atoms with Crippen LogP contribution >= 0.6 is 0 Å². The molecule has 0 fully saturated rings. The van der Waals surface area contributed by atoms with Crippen LogP contribution < -0.4 is 10.5 Å². The lowest BCUT2D eigenvalue weighted by molar-refractivity contribution is 0.300. The predicted molar refractivity (Wildman–Crippen MR) is 86.5 cm³/mol. The van der Waals surface area contributed by atoms with Gasteiger partial charge in [-0.15, -0.1) is 0 Å². The van der Waals surface area contributed by atoms with Crippen molar-refractivity contribution in [3.8, 4) is 5.75 Å². The molecular formula is C19H23NO. The molecule has 2 heteroatoms. The van der Waals surface area contributed by atoms with Crippen molar-refractivity contribution in [2.75, 3.05) is 0 Å². The number of benzene rings is 2. The number of nitrogens with two attached hydrogens (primary N) is 1. The fourth-order valence-corrected chi connectivity index (χ4v) is 3.01. The zero-order valence-corrected chi connectivity index (χ0v) is 12.6. The maximum absolute atomic E-state index is 6.16. The summed E-state index contributed by atoms with van der Waals surface area (Å²) in [5, 5.41) is 0. The second-order valence-corrected chi connectivity index (χ2v) is 5.80. The molecule has 0 unspecified atom stereocenters. The maximum atomic E-state index is 6.16. The van der Waals surface area contributed by atoms with E-state index in [0.29, 0.717) is 6.61 Å². The molecule has 0 saturated heterocycles. The van der Waals surface area contributed by atoms with Gasteiger partial charge in [0.05, 0.1) is 0 Å². The summed E-state index contributed by atoms with van der Waals surface area (Å²) in [6, 6.07) is 14.9. The Morgan fingerprint density at radius 1 is 1.10 bits per heavy atom. The normalized spacial score (nSPS) is 14.8. The molecule has 0 heterocycles. The van der Waals surface area contributed by atoms with Gasteiger partial charge in [-0.1, -0.05) is 43.3 Å². The highest BCUT2D eigenvalue weighted by molar-refractivity contribution is 5.37. The average molecular weight is 281 g/mol. The summed E-state index contributed by atoms with van der Waals surface area (Å²) in [5.41, 5.74) is 11.5. The van der Waals surface area contributed by atoms with Crippen molar-refractivity contribution in [2.45, 2.75) is 45.3 Å². The zero-order valence-electron chi connectivity index (χ0n) is 12.6. The SMILES string of the molecule is CC[C@H](N)c1ccccc1OCc1ccc2c(c1)CCC2. The lowest BCUT2D eigenvalue weighted by atomic mass is 10.0. The van der Waals surface area contributed by atoms with E-state index in [0.717, 1.165) is 17.7 Å². The first kappa shape index (κ1) is 14.2. The highest BCUT2D eigenvalue weighted by atomic mass is 16.5. The Morgan fingerprint density at radius 3 is 2.76 bits per heavy atom. The lowest BCUT2D eigenvalue weighted by Gasteiger charge is -2.16. The predicted octanol–water partition coefficient (Wildman–Crippen LogP) is 4.16. The first-order chi connectivity index (χ1) is 10.3. The van der Waals surface area contributed by atoms with E-state index < -0.39 is 0 Å². The fourth-order valence-electron chi connectivity index (χ4n) is 3.01. The van der Waals surface area contributed by atoms with E-state index in [1.807, 2.05) is 18.2 Å². The van der Waals surface area contributed by atoms with Crippen LogP contribution in [0.5, 0.6) is 5.75 Å². The van der Waals surface area contributed by atoms with E-state index in [1.54, 1.807) is 0 Å². The Bertz CT molecular complexity index is 621. The summed E-state index contributed by atoms with van der Waals surface area (Å²) in [5.74, 6) is 0.910. The summed E-state index contributed by atoms with van der Waals surface area (Å²) in [6.45, 7) is 2.71. The first-order valence-corrected chi connectivity index (χ1v) is 7.86. The van der Waals surface area contributed by atoms with Gasteiger partial charge < -0.3 is 10.5 Å². The molecule has 0 amide bonds. The number of hydrogen-bond donors (Lipinski definition) is 1. The van der Waals surface area contributed by atoms with Crippen LogP contribution in [0, 0.1) is 0 Å². The Balaban J connectivity index is 1.73. The number of rotatable bonds is 5. The molecule has 3 rings (SSSR count). The van der Waals surface area contributed by atoms with E-state index in [-0.39, 0.29) is 6.04 Å². The lowest BCUT2D eigenvalue weighted by Crippen LogP contribution is -2.10. The molecule has 2 nitrogen and oxygen atoms in total. The number of hydrogen-bond acceptors (Lipinski definition) is 2. The molecule has 0 spiro atoms. The van der Waals surface area contributed by atoms with Crippen LogP contribution in [0.4, 0.5) is 0 Å². The van der Waals surface area contributed by atoms with Crippen molar-refractivity contribution < 1.29 is 4.74 Å². The zero-order chi connectivity index (χ0) is 14.7. The largest absolute Gasteiger partial charge is 0.489 e. The van der Waals surface area contributed by atoms with Gasteiger partial charge in [-0.25, -0.2) is 0 Å². The number of ether oxygens (including phenoxy) is 1. The van der Waals surface area contributed by atoms with Crippen molar-refractivity contribution in [2.24, 2.45) is 5.73 Å². The van der Waals surface area contributed by atoms with E-state index >= 15 is 0 Å². The number of para-hydroxylation sites is 1. The van der Waals surface area contributed by atoms with Gasteiger partial charge in [-0.2, -0.15) is 0 Å². The summed E-state index contributed by atoms with van der Waals surface area (Å²) < 4.78 is 6.03. The molecule has 1 aliphatic carbocycles. The molecular weight excluding hydrogens is 258 g/mol. The minimum atomic E-state index is 0.0428. The van der Waals surface area contributed by atoms with E-state index in [4.69, 9.17) is 10.5 Å². The Kier molecular flexibility index (Phi) is 4.26. The van der Waals surface area contributed by atoms with Crippen molar-refractivity contribution in [1.82, 2.24) is 0 Å². The van der Waals surface area contributed by atoms with E-state index in [1.165, 1.54) is 36.0 Å². The Labute approximate surface area is 126 Å². The van der Waals surface area contributed by atoms with Gasteiger partial charge in [0.2, 0.25) is 0 Å².